The number of nitrogens with two attached hydrogens (primary N) is 1. The average molecular weight is 287 g/mol. The molecule has 3 rings (SSSR count). The quantitative estimate of drug-likeness (QED) is 0.693. The third-order valence-electron chi connectivity index (χ3n) is 2.80. The highest BCUT2D eigenvalue weighted by Crippen LogP contribution is 2.34. The summed E-state index contributed by atoms with van der Waals surface area (Å²) in [5, 5.41) is 3.58. The molecule has 0 saturated heterocycles. The molecular formula is C15H11ClN2S. The molecule has 1 heterocycles. The number of thiazole rings is 1. The van der Waals surface area contributed by atoms with E-state index < -0.39 is 0 Å². The molecule has 0 aliphatic carbocycles. The van der Waals surface area contributed by atoms with Gasteiger partial charge in [-0.25, -0.2) is 4.98 Å². The van der Waals surface area contributed by atoms with Gasteiger partial charge in [0, 0.05) is 22.2 Å². The largest absolute Gasteiger partial charge is 0.399 e. The highest BCUT2D eigenvalue weighted by molar-refractivity contribution is 7.13. The van der Waals surface area contributed by atoms with Crippen molar-refractivity contribution in [1.29, 1.82) is 0 Å². The van der Waals surface area contributed by atoms with Gasteiger partial charge >= 0.3 is 0 Å². The zero-order valence-electron chi connectivity index (χ0n) is 10.0. The Balaban J connectivity index is 2.02. The number of benzene rings is 2. The van der Waals surface area contributed by atoms with E-state index in [1.807, 2.05) is 47.8 Å². The molecule has 0 aliphatic rings. The third kappa shape index (κ3) is 2.48. The third-order valence-corrected chi connectivity index (χ3v) is 3.99. The molecule has 0 atom stereocenters. The monoisotopic (exact) mass is 286 g/mol. The Bertz CT molecular complexity index is 707. The average Bonchev–Trinajstić information content (AvgIpc) is 2.89. The van der Waals surface area contributed by atoms with Gasteiger partial charge in [-0.15, -0.1) is 11.3 Å². The van der Waals surface area contributed by atoms with Crippen molar-refractivity contribution in [2.24, 2.45) is 0 Å². The number of halogens is 1. The standard InChI is InChI=1S/C15H11ClN2S/c16-13-8-11(17)6-7-12(13)15-18-14(9-19-15)10-4-2-1-3-5-10/h1-9H,17H2. The van der Waals surface area contributed by atoms with Crippen molar-refractivity contribution < 1.29 is 0 Å². The van der Waals surface area contributed by atoms with Crippen LogP contribution in [0.2, 0.25) is 5.02 Å². The number of anilines is 1. The normalized spacial score (nSPS) is 10.6. The summed E-state index contributed by atoms with van der Waals surface area (Å²) in [4.78, 5) is 4.63. The van der Waals surface area contributed by atoms with Crippen LogP contribution >= 0.6 is 22.9 Å². The van der Waals surface area contributed by atoms with Crippen molar-refractivity contribution in [3.05, 3.63) is 58.9 Å². The second-order valence-corrected chi connectivity index (χ2v) is 5.41. The van der Waals surface area contributed by atoms with Crippen molar-refractivity contribution in [3.8, 4) is 21.8 Å². The molecule has 4 heteroatoms. The molecule has 2 nitrogen and oxygen atoms in total. The summed E-state index contributed by atoms with van der Waals surface area (Å²) in [7, 11) is 0. The van der Waals surface area contributed by atoms with Gasteiger partial charge < -0.3 is 5.73 Å². The highest BCUT2D eigenvalue weighted by atomic mass is 35.5. The maximum Gasteiger partial charge on any atom is 0.125 e. The lowest BCUT2D eigenvalue weighted by atomic mass is 10.2. The molecule has 0 aliphatic heterocycles. The number of aromatic nitrogens is 1. The lowest BCUT2D eigenvalue weighted by molar-refractivity contribution is 1.40. The first-order valence-electron chi connectivity index (χ1n) is 5.80. The zero-order chi connectivity index (χ0) is 13.2. The van der Waals surface area contributed by atoms with Crippen LogP contribution in [-0.4, -0.2) is 4.98 Å². The lowest BCUT2D eigenvalue weighted by Crippen LogP contribution is -1.86. The number of nitrogen functional groups attached to an aromatic ring is 1. The van der Waals surface area contributed by atoms with Gasteiger partial charge in [0.05, 0.1) is 10.7 Å². The van der Waals surface area contributed by atoms with Gasteiger partial charge in [-0.2, -0.15) is 0 Å². The van der Waals surface area contributed by atoms with Crippen molar-refractivity contribution >= 4 is 28.6 Å². The molecule has 0 unspecified atom stereocenters. The summed E-state index contributed by atoms with van der Waals surface area (Å²) < 4.78 is 0. The number of hydrogen-bond donors (Lipinski definition) is 1. The van der Waals surface area contributed by atoms with E-state index in [0.717, 1.165) is 21.8 Å². The van der Waals surface area contributed by atoms with Crippen LogP contribution in [-0.2, 0) is 0 Å². The van der Waals surface area contributed by atoms with Gasteiger partial charge in [-0.05, 0) is 18.2 Å². The SMILES string of the molecule is Nc1ccc(-c2nc(-c3ccccc3)cs2)c(Cl)c1. The van der Waals surface area contributed by atoms with E-state index in [2.05, 4.69) is 4.98 Å². The zero-order valence-corrected chi connectivity index (χ0v) is 11.6. The molecule has 0 radical (unpaired) electrons. The van der Waals surface area contributed by atoms with Crippen molar-refractivity contribution in [1.82, 2.24) is 4.98 Å². The minimum absolute atomic E-state index is 0.633. The van der Waals surface area contributed by atoms with E-state index >= 15 is 0 Å². The predicted molar refractivity (Wildman–Crippen MR) is 82.4 cm³/mol. The van der Waals surface area contributed by atoms with Crippen LogP contribution in [0.15, 0.2) is 53.9 Å². The maximum atomic E-state index is 6.21. The molecule has 0 fully saturated rings. The Morgan fingerprint density at radius 3 is 2.58 bits per heavy atom. The van der Waals surface area contributed by atoms with Gasteiger partial charge in [0.1, 0.15) is 5.01 Å². The summed E-state index contributed by atoms with van der Waals surface area (Å²) in [6.07, 6.45) is 0. The first-order valence-corrected chi connectivity index (χ1v) is 7.06. The van der Waals surface area contributed by atoms with E-state index in [1.54, 1.807) is 17.4 Å². The molecule has 3 aromatic rings. The summed E-state index contributed by atoms with van der Waals surface area (Å²) in [6, 6.07) is 15.6. The van der Waals surface area contributed by atoms with Crippen LogP contribution in [0, 0.1) is 0 Å². The van der Waals surface area contributed by atoms with Crippen LogP contribution in [0.25, 0.3) is 21.8 Å². The van der Waals surface area contributed by atoms with Gasteiger partial charge in [0.25, 0.3) is 0 Å². The Hall–Kier alpha value is -1.84. The van der Waals surface area contributed by atoms with Crippen LogP contribution in [0.3, 0.4) is 0 Å². The van der Waals surface area contributed by atoms with Gasteiger partial charge in [-0.3, -0.25) is 0 Å². The minimum Gasteiger partial charge on any atom is -0.399 e. The summed E-state index contributed by atoms with van der Waals surface area (Å²) in [5.41, 5.74) is 9.35. The van der Waals surface area contributed by atoms with Gasteiger partial charge in [0.2, 0.25) is 0 Å². The van der Waals surface area contributed by atoms with E-state index in [-0.39, 0.29) is 0 Å². The topological polar surface area (TPSA) is 38.9 Å². The molecule has 19 heavy (non-hydrogen) atoms. The van der Waals surface area contributed by atoms with Crippen molar-refractivity contribution in [3.63, 3.8) is 0 Å². The smallest absolute Gasteiger partial charge is 0.125 e. The van der Waals surface area contributed by atoms with Crippen LogP contribution in [0.5, 0.6) is 0 Å². The maximum absolute atomic E-state index is 6.21. The Labute approximate surface area is 120 Å². The lowest BCUT2D eigenvalue weighted by Gasteiger charge is -2.01. The van der Waals surface area contributed by atoms with E-state index in [9.17, 15) is 0 Å². The second-order valence-electron chi connectivity index (χ2n) is 4.14. The van der Waals surface area contributed by atoms with Crippen LogP contribution < -0.4 is 5.73 Å². The summed E-state index contributed by atoms with van der Waals surface area (Å²) >= 11 is 7.79. The summed E-state index contributed by atoms with van der Waals surface area (Å²) in [6.45, 7) is 0. The fourth-order valence-electron chi connectivity index (χ4n) is 1.84. The fourth-order valence-corrected chi connectivity index (χ4v) is 3.05. The van der Waals surface area contributed by atoms with Gasteiger partial charge in [-0.1, -0.05) is 41.9 Å². The number of rotatable bonds is 2. The minimum atomic E-state index is 0.633. The number of hydrogen-bond acceptors (Lipinski definition) is 3. The van der Waals surface area contributed by atoms with E-state index in [4.69, 9.17) is 17.3 Å². The molecule has 2 N–H and O–H groups in total. The molecule has 0 bridgehead atoms. The van der Waals surface area contributed by atoms with E-state index in [0.29, 0.717) is 10.7 Å². The molecular weight excluding hydrogens is 276 g/mol. The van der Waals surface area contributed by atoms with Crippen LogP contribution in [0.4, 0.5) is 5.69 Å². The molecule has 0 amide bonds. The van der Waals surface area contributed by atoms with Crippen molar-refractivity contribution in [2.45, 2.75) is 0 Å². The molecule has 2 aromatic carbocycles. The molecule has 0 saturated carbocycles. The summed E-state index contributed by atoms with van der Waals surface area (Å²) in [5.74, 6) is 0. The molecule has 1 aromatic heterocycles. The predicted octanol–water partition coefficient (Wildman–Crippen LogP) is 4.71. The second kappa shape index (κ2) is 5.03. The Kier molecular flexibility index (Phi) is 3.23. The molecule has 94 valence electrons. The fraction of sp³-hybridized carbons (Fsp3) is 0. The first-order chi connectivity index (χ1) is 9.24. The Morgan fingerprint density at radius 2 is 1.84 bits per heavy atom. The molecule has 0 spiro atoms. The first kappa shape index (κ1) is 12.2. The van der Waals surface area contributed by atoms with Crippen molar-refractivity contribution in [2.75, 3.05) is 5.73 Å². The van der Waals surface area contributed by atoms with Crippen LogP contribution in [0.1, 0.15) is 0 Å². The Morgan fingerprint density at radius 1 is 1.05 bits per heavy atom. The number of nitrogens with zero attached hydrogens (tertiary/aromatic N) is 1. The van der Waals surface area contributed by atoms with Gasteiger partial charge in [0.15, 0.2) is 0 Å². The highest BCUT2D eigenvalue weighted by Gasteiger charge is 2.09. The van der Waals surface area contributed by atoms with E-state index in [1.165, 1.54) is 0 Å².